The molecule has 0 aliphatic carbocycles. The van der Waals surface area contributed by atoms with E-state index in [1.54, 1.807) is 0 Å². The number of ether oxygens (including phenoxy) is 1. The molecule has 0 amide bonds. The first-order valence-corrected chi connectivity index (χ1v) is 5.86. The molecule has 6 nitrogen and oxygen atoms in total. The predicted octanol–water partition coefficient (Wildman–Crippen LogP) is 1.98. The number of aryl methyl sites for hydroxylation is 2. The van der Waals surface area contributed by atoms with Crippen molar-refractivity contribution in [3.8, 4) is 11.5 Å². The third-order valence-corrected chi connectivity index (χ3v) is 2.55. The molecule has 2 heterocycles. The van der Waals surface area contributed by atoms with Gasteiger partial charge in [0.1, 0.15) is 11.5 Å². The first-order valence-electron chi connectivity index (χ1n) is 5.86. The molecule has 2 aromatic heterocycles. The van der Waals surface area contributed by atoms with Crippen LogP contribution in [0.5, 0.6) is 0 Å². The Bertz CT molecular complexity index is 518. The van der Waals surface area contributed by atoms with Crippen LogP contribution in [-0.2, 0) is 4.74 Å². The molecule has 0 saturated heterocycles. The van der Waals surface area contributed by atoms with Crippen LogP contribution < -0.4 is 5.73 Å². The summed E-state index contributed by atoms with van der Waals surface area (Å²) >= 11 is 0. The number of hydrogen-bond donors (Lipinski definition) is 1. The van der Waals surface area contributed by atoms with Crippen molar-refractivity contribution in [1.82, 2.24) is 10.1 Å². The molecule has 18 heavy (non-hydrogen) atoms. The number of nitrogens with zero attached hydrogens (tertiary/aromatic N) is 2. The second kappa shape index (κ2) is 5.32. The van der Waals surface area contributed by atoms with Crippen LogP contribution in [0.1, 0.15) is 30.3 Å². The molecule has 2 N–H and O–H groups in total. The van der Waals surface area contributed by atoms with E-state index in [9.17, 15) is 0 Å². The number of nitrogens with two attached hydrogens (primary N) is 1. The van der Waals surface area contributed by atoms with E-state index in [4.69, 9.17) is 19.4 Å². The first kappa shape index (κ1) is 12.8. The zero-order chi connectivity index (χ0) is 13.1. The summed E-state index contributed by atoms with van der Waals surface area (Å²) in [4.78, 5) is 4.26. The summed E-state index contributed by atoms with van der Waals surface area (Å²) in [6.45, 7) is 6.62. The summed E-state index contributed by atoms with van der Waals surface area (Å²) in [7, 11) is 0. The van der Waals surface area contributed by atoms with Crippen LogP contribution in [0, 0.1) is 13.8 Å². The average molecular weight is 251 g/mol. The third kappa shape index (κ3) is 2.60. The Kier molecular flexibility index (Phi) is 3.78. The molecule has 98 valence electrons. The fourth-order valence-corrected chi connectivity index (χ4v) is 1.66. The number of aromatic nitrogens is 2. The molecule has 1 atom stereocenters. The smallest absolute Gasteiger partial charge is 0.261 e. The van der Waals surface area contributed by atoms with Crippen molar-refractivity contribution >= 4 is 0 Å². The van der Waals surface area contributed by atoms with Crippen LogP contribution in [0.2, 0.25) is 0 Å². The fourth-order valence-electron chi connectivity index (χ4n) is 1.66. The van der Waals surface area contributed by atoms with Gasteiger partial charge < -0.3 is 19.4 Å². The molecule has 0 aromatic carbocycles. The van der Waals surface area contributed by atoms with E-state index in [0.717, 1.165) is 17.1 Å². The minimum atomic E-state index is -0.379. The van der Waals surface area contributed by atoms with Crippen molar-refractivity contribution in [1.29, 1.82) is 0 Å². The highest BCUT2D eigenvalue weighted by molar-refractivity contribution is 5.56. The summed E-state index contributed by atoms with van der Waals surface area (Å²) in [5, 5.41) is 3.86. The van der Waals surface area contributed by atoms with E-state index >= 15 is 0 Å². The highest BCUT2D eigenvalue weighted by atomic mass is 16.5. The second-order valence-electron chi connectivity index (χ2n) is 4.05. The molecule has 2 aromatic rings. The SMILES string of the molecule is CCOCC(N)c1noc(-c2cc(C)oc2C)n1. The summed E-state index contributed by atoms with van der Waals surface area (Å²) in [6, 6.07) is 1.48. The Morgan fingerprint density at radius 1 is 1.44 bits per heavy atom. The Labute approximate surface area is 105 Å². The monoisotopic (exact) mass is 251 g/mol. The van der Waals surface area contributed by atoms with E-state index in [2.05, 4.69) is 10.1 Å². The zero-order valence-corrected chi connectivity index (χ0v) is 10.8. The highest BCUT2D eigenvalue weighted by Gasteiger charge is 2.18. The Morgan fingerprint density at radius 3 is 2.83 bits per heavy atom. The topological polar surface area (TPSA) is 87.3 Å². The van der Waals surface area contributed by atoms with Crippen LogP contribution in [0.3, 0.4) is 0 Å². The van der Waals surface area contributed by atoms with Crippen LogP contribution in [-0.4, -0.2) is 23.4 Å². The van der Waals surface area contributed by atoms with E-state index in [-0.39, 0.29) is 6.04 Å². The molecule has 1 unspecified atom stereocenters. The zero-order valence-electron chi connectivity index (χ0n) is 10.8. The Balaban J connectivity index is 2.17. The molecule has 0 spiro atoms. The van der Waals surface area contributed by atoms with Gasteiger partial charge in [-0.3, -0.25) is 0 Å². The largest absolute Gasteiger partial charge is 0.466 e. The maximum absolute atomic E-state index is 5.88. The minimum absolute atomic E-state index is 0.374. The van der Waals surface area contributed by atoms with E-state index in [0.29, 0.717) is 24.9 Å². The van der Waals surface area contributed by atoms with Crippen LogP contribution in [0.25, 0.3) is 11.5 Å². The van der Waals surface area contributed by atoms with Crippen molar-refractivity contribution in [2.24, 2.45) is 5.73 Å². The van der Waals surface area contributed by atoms with Gasteiger partial charge in [0.25, 0.3) is 5.89 Å². The van der Waals surface area contributed by atoms with Gasteiger partial charge in [0.05, 0.1) is 18.2 Å². The lowest BCUT2D eigenvalue weighted by atomic mass is 10.2. The summed E-state index contributed by atoms with van der Waals surface area (Å²) in [6.07, 6.45) is 0. The molecular formula is C12H17N3O3. The molecule has 0 radical (unpaired) electrons. The molecular weight excluding hydrogens is 234 g/mol. The lowest BCUT2D eigenvalue weighted by Gasteiger charge is -2.05. The standard InChI is InChI=1S/C12H17N3O3/c1-4-16-6-10(13)11-14-12(18-15-11)9-5-7(2)17-8(9)3/h5,10H,4,6,13H2,1-3H3. The van der Waals surface area contributed by atoms with Gasteiger partial charge in [0.2, 0.25) is 0 Å². The number of furan rings is 1. The average Bonchev–Trinajstić information content (AvgIpc) is 2.92. The minimum Gasteiger partial charge on any atom is -0.466 e. The lowest BCUT2D eigenvalue weighted by Crippen LogP contribution is -2.18. The van der Waals surface area contributed by atoms with Crippen LogP contribution >= 0.6 is 0 Å². The molecule has 2 rings (SSSR count). The predicted molar refractivity (Wildman–Crippen MR) is 64.9 cm³/mol. The van der Waals surface area contributed by atoms with Crippen LogP contribution in [0.4, 0.5) is 0 Å². The number of hydrogen-bond acceptors (Lipinski definition) is 6. The van der Waals surface area contributed by atoms with E-state index in [1.165, 1.54) is 0 Å². The Hall–Kier alpha value is -1.66. The van der Waals surface area contributed by atoms with Gasteiger partial charge in [-0.1, -0.05) is 5.16 Å². The molecule has 6 heteroatoms. The third-order valence-electron chi connectivity index (χ3n) is 2.55. The summed E-state index contributed by atoms with van der Waals surface area (Å²) in [5.74, 6) is 2.42. The van der Waals surface area contributed by atoms with Crippen molar-refractivity contribution < 1.29 is 13.7 Å². The highest BCUT2D eigenvalue weighted by Crippen LogP contribution is 2.25. The van der Waals surface area contributed by atoms with Gasteiger partial charge in [-0.2, -0.15) is 4.98 Å². The second-order valence-corrected chi connectivity index (χ2v) is 4.05. The van der Waals surface area contributed by atoms with Gasteiger partial charge >= 0.3 is 0 Å². The molecule has 0 aliphatic rings. The Morgan fingerprint density at radius 2 is 2.22 bits per heavy atom. The first-order chi connectivity index (χ1) is 8.61. The molecule has 0 aliphatic heterocycles. The van der Waals surface area contributed by atoms with Crippen molar-refractivity contribution in [3.63, 3.8) is 0 Å². The van der Waals surface area contributed by atoms with Crippen LogP contribution in [0.15, 0.2) is 15.0 Å². The quantitative estimate of drug-likeness (QED) is 0.874. The molecule has 0 saturated carbocycles. The summed E-state index contributed by atoms with van der Waals surface area (Å²) < 4.78 is 15.8. The van der Waals surface area contributed by atoms with Gasteiger partial charge in [-0.15, -0.1) is 0 Å². The van der Waals surface area contributed by atoms with Gasteiger partial charge in [-0.25, -0.2) is 0 Å². The van der Waals surface area contributed by atoms with Gasteiger partial charge in [-0.05, 0) is 26.8 Å². The van der Waals surface area contributed by atoms with Crippen molar-refractivity contribution in [3.05, 3.63) is 23.4 Å². The van der Waals surface area contributed by atoms with E-state index < -0.39 is 0 Å². The van der Waals surface area contributed by atoms with Crippen molar-refractivity contribution in [2.45, 2.75) is 26.8 Å². The van der Waals surface area contributed by atoms with Gasteiger partial charge in [0, 0.05) is 6.61 Å². The fraction of sp³-hybridized carbons (Fsp3) is 0.500. The molecule has 0 fully saturated rings. The maximum atomic E-state index is 5.88. The summed E-state index contributed by atoms with van der Waals surface area (Å²) in [5.41, 5.74) is 6.68. The number of rotatable bonds is 5. The normalized spacial score (nSPS) is 12.9. The lowest BCUT2D eigenvalue weighted by molar-refractivity contribution is 0.130. The van der Waals surface area contributed by atoms with Gasteiger partial charge in [0.15, 0.2) is 5.82 Å². The molecule has 0 bridgehead atoms. The van der Waals surface area contributed by atoms with Crippen molar-refractivity contribution in [2.75, 3.05) is 13.2 Å². The van der Waals surface area contributed by atoms with E-state index in [1.807, 2.05) is 26.8 Å². The maximum Gasteiger partial charge on any atom is 0.261 e.